The number of rotatable bonds is 4. The molecule has 0 fully saturated rings. The summed E-state index contributed by atoms with van der Waals surface area (Å²) >= 11 is 0. The molecule has 1 spiro atoms. The van der Waals surface area contributed by atoms with Crippen LogP contribution in [-0.4, -0.2) is 9.97 Å². The maximum absolute atomic E-state index is 5.41. The molecule has 10 aromatic rings. The van der Waals surface area contributed by atoms with Gasteiger partial charge in [0, 0.05) is 16.7 Å². The second kappa shape index (κ2) is 12.3. The lowest BCUT2D eigenvalue weighted by Crippen LogP contribution is -2.26. The lowest BCUT2D eigenvalue weighted by Gasteiger charge is -2.31. The fraction of sp³-hybridized carbons (Fsp3) is 0.0182. The predicted octanol–water partition coefficient (Wildman–Crippen LogP) is 13.8. The number of nitrogens with zero attached hydrogens (tertiary/aromatic N) is 2. The third-order valence-corrected chi connectivity index (χ3v) is 12.3. The van der Waals surface area contributed by atoms with E-state index in [0.29, 0.717) is 5.82 Å². The highest BCUT2D eigenvalue weighted by atomic mass is 14.9. The molecule has 264 valence electrons. The summed E-state index contributed by atoms with van der Waals surface area (Å²) in [5.41, 5.74) is 17.1. The van der Waals surface area contributed by atoms with Crippen molar-refractivity contribution in [1.82, 2.24) is 9.97 Å². The Labute approximate surface area is 331 Å². The molecular formula is C55H34N2. The van der Waals surface area contributed by atoms with E-state index in [2.05, 4.69) is 200 Å². The molecule has 1 aromatic heterocycles. The number of hydrogen-bond acceptors (Lipinski definition) is 2. The molecule has 2 aliphatic rings. The first-order valence-corrected chi connectivity index (χ1v) is 19.7. The molecule has 12 rings (SSSR count). The molecule has 1 unspecified atom stereocenters. The smallest absolute Gasteiger partial charge is 0.160 e. The number of fused-ring (bicyclic) bond motifs is 13. The second-order valence-corrected chi connectivity index (χ2v) is 15.3. The van der Waals surface area contributed by atoms with Crippen molar-refractivity contribution in [2.24, 2.45) is 0 Å². The molecule has 2 nitrogen and oxygen atoms in total. The van der Waals surface area contributed by atoms with Gasteiger partial charge < -0.3 is 0 Å². The molecule has 9 aromatic carbocycles. The van der Waals surface area contributed by atoms with Gasteiger partial charge in [0.15, 0.2) is 5.82 Å². The normalized spacial score (nSPS) is 14.7. The van der Waals surface area contributed by atoms with Crippen LogP contribution in [0, 0.1) is 0 Å². The first kappa shape index (κ1) is 31.9. The topological polar surface area (TPSA) is 25.8 Å². The van der Waals surface area contributed by atoms with Crippen molar-refractivity contribution < 1.29 is 0 Å². The second-order valence-electron chi connectivity index (χ2n) is 15.3. The molecule has 1 heterocycles. The van der Waals surface area contributed by atoms with E-state index in [1.54, 1.807) is 0 Å². The van der Waals surface area contributed by atoms with Crippen LogP contribution in [0.25, 0.3) is 88.8 Å². The molecule has 2 heteroatoms. The first-order chi connectivity index (χ1) is 28.3. The Morgan fingerprint density at radius 1 is 0.316 bits per heavy atom. The molecule has 0 saturated heterocycles. The van der Waals surface area contributed by atoms with Gasteiger partial charge in [0.25, 0.3) is 0 Å². The minimum Gasteiger partial charge on any atom is -0.228 e. The molecule has 0 N–H and O–H groups in total. The molecule has 57 heavy (non-hydrogen) atoms. The average molecular weight is 723 g/mol. The third kappa shape index (κ3) is 4.65. The summed E-state index contributed by atoms with van der Waals surface area (Å²) < 4.78 is 0. The molecule has 1 atom stereocenters. The van der Waals surface area contributed by atoms with Crippen LogP contribution < -0.4 is 0 Å². The Bertz CT molecular complexity index is 3240. The highest BCUT2D eigenvalue weighted by Gasteiger charge is 2.53. The van der Waals surface area contributed by atoms with Crippen molar-refractivity contribution in [1.29, 1.82) is 0 Å². The summed E-state index contributed by atoms with van der Waals surface area (Å²) in [6, 6.07) is 75.0. The zero-order chi connectivity index (χ0) is 37.5. The molecule has 0 aliphatic heterocycles. The summed E-state index contributed by atoms with van der Waals surface area (Å²) in [7, 11) is 0. The summed E-state index contributed by atoms with van der Waals surface area (Å²) in [6.45, 7) is 0. The van der Waals surface area contributed by atoms with Gasteiger partial charge in [-0.05, 0) is 101 Å². The molecule has 2 aliphatic carbocycles. The zero-order valence-electron chi connectivity index (χ0n) is 31.0. The van der Waals surface area contributed by atoms with Gasteiger partial charge >= 0.3 is 0 Å². The predicted molar refractivity (Wildman–Crippen MR) is 235 cm³/mol. The standard InChI is InChI=1S/C55H34N2/c1-3-15-35(16-4-1)38-22-13-23-41(31-38)50-34-51(57-54(56-50)37-18-5-2-6-19-37)45-26-14-28-48-52(45)44-25-11-12-27-47(44)55(48)49-33-40-21-8-7-20-39(40)32-46(49)43-30-29-36-17-9-10-24-42(36)53(43)55/h1-34H. The van der Waals surface area contributed by atoms with Crippen LogP contribution in [-0.2, 0) is 5.41 Å². The van der Waals surface area contributed by atoms with E-state index in [1.807, 2.05) is 6.07 Å². The van der Waals surface area contributed by atoms with Crippen LogP contribution in [0.5, 0.6) is 0 Å². The van der Waals surface area contributed by atoms with Crippen LogP contribution in [0.4, 0.5) is 0 Å². The average Bonchev–Trinajstić information content (AvgIpc) is 3.75. The van der Waals surface area contributed by atoms with E-state index < -0.39 is 5.41 Å². The van der Waals surface area contributed by atoms with Gasteiger partial charge in [-0.1, -0.05) is 182 Å². The summed E-state index contributed by atoms with van der Waals surface area (Å²) in [4.78, 5) is 10.7. The van der Waals surface area contributed by atoms with Gasteiger partial charge in [0.05, 0.1) is 16.8 Å². The Morgan fingerprint density at radius 3 is 1.77 bits per heavy atom. The van der Waals surface area contributed by atoms with Gasteiger partial charge in [0.1, 0.15) is 0 Å². The van der Waals surface area contributed by atoms with Crippen molar-refractivity contribution in [2.75, 3.05) is 0 Å². The van der Waals surface area contributed by atoms with Crippen molar-refractivity contribution in [2.45, 2.75) is 5.41 Å². The number of benzene rings is 9. The Morgan fingerprint density at radius 2 is 0.930 bits per heavy atom. The van der Waals surface area contributed by atoms with Crippen molar-refractivity contribution in [3.63, 3.8) is 0 Å². The third-order valence-electron chi connectivity index (χ3n) is 12.3. The first-order valence-electron chi connectivity index (χ1n) is 19.7. The van der Waals surface area contributed by atoms with Gasteiger partial charge in [-0.2, -0.15) is 0 Å². The van der Waals surface area contributed by atoms with E-state index in [0.717, 1.165) is 33.6 Å². The van der Waals surface area contributed by atoms with E-state index in [9.17, 15) is 0 Å². The lowest BCUT2D eigenvalue weighted by molar-refractivity contribution is 0.802. The summed E-state index contributed by atoms with van der Waals surface area (Å²) in [5.74, 6) is 0.709. The highest BCUT2D eigenvalue weighted by molar-refractivity contribution is 6.07. The minimum absolute atomic E-state index is 0.528. The lowest BCUT2D eigenvalue weighted by atomic mass is 9.69. The number of hydrogen-bond donors (Lipinski definition) is 0. The highest BCUT2D eigenvalue weighted by Crippen LogP contribution is 2.65. The molecule has 0 bridgehead atoms. The zero-order valence-corrected chi connectivity index (χ0v) is 31.0. The van der Waals surface area contributed by atoms with Crippen LogP contribution in [0.15, 0.2) is 206 Å². The molecule has 0 amide bonds. The van der Waals surface area contributed by atoms with Crippen LogP contribution in [0.1, 0.15) is 22.3 Å². The monoisotopic (exact) mass is 722 g/mol. The van der Waals surface area contributed by atoms with Crippen LogP contribution in [0.2, 0.25) is 0 Å². The Hall–Kier alpha value is -7.42. The largest absolute Gasteiger partial charge is 0.228 e. The summed E-state index contributed by atoms with van der Waals surface area (Å²) in [5, 5.41) is 5.05. The fourth-order valence-electron chi connectivity index (χ4n) is 9.85. The maximum atomic E-state index is 5.41. The Kier molecular flexibility index (Phi) is 6.88. The molecule has 0 saturated carbocycles. The maximum Gasteiger partial charge on any atom is 0.160 e. The van der Waals surface area contributed by atoms with Crippen LogP contribution in [0.3, 0.4) is 0 Å². The van der Waals surface area contributed by atoms with E-state index in [-0.39, 0.29) is 0 Å². The minimum atomic E-state index is -0.528. The fourth-order valence-corrected chi connectivity index (χ4v) is 9.85. The van der Waals surface area contributed by atoms with Crippen molar-refractivity contribution in [3.8, 4) is 67.3 Å². The van der Waals surface area contributed by atoms with E-state index >= 15 is 0 Å². The SMILES string of the molecule is c1ccc(-c2cccc(-c3cc(-c4cccc5c4-c4ccccc4C54c5cc6ccccc6cc5-c5ccc6ccccc6c54)nc(-c4ccccc4)n3)c2)cc1. The Balaban J connectivity index is 1.16. The van der Waals surface area contributed by atoms with Crippen molar-refractivity contribution >= 4 is 21.5 Å². The summed E-state index contributed by atoms with van der Waals surface area (Å²) in [6.07, 6.45) is 0. The number of aromatic nitrogens is 2. The molecular weight excluding hydrogens is 689 g/mol. The van der Waals surface area contributed by atoms with E-state index in [1.165, 1.54) is 71.6 Å². The van der Waals surface area contributed by atoms with Gasteiger partial charge in [-0.25, -0.2) is 9.97 Å². The van der Waals surface area contributed by atoms with Gasteiger partial charge in [-0.3, -0.25) is 0 Å². The van der Waals surface area contributed by atoms with Crippen LogP contribution >= 0.6 is 0 Å². The van der Waals surface area contributed by atoms with E-state index in [4.69, 9.17) is 9.97 Å². The quantitative estimate of drug-likeness (QED) is 0.181. The van der Waals surface area contributed by atoms with Gasteiger partial charge in [0.2, 0.25) is 0 Å². The molecule has 0 radical (unpaired) electrons. The van der Waals surface area contributed by atoms with Gasteiger partial charge in [-0.15, -0.1) is 0 Å². The van der Waals surface area contributed by atoms with Crippen molar-refractivity contribution in [3.05, 3.63) is 229 Å².